The summed E-state index contributed by atoms with van der Waals surface area (Å²) in [5.41, 5.74) is 0. The Bertz CT molecular complexity index is 557. The molecule has 106 valence electrons. The lowest BCUT2D eigenvalue weighted by molar-refractivity contribution is 0.0914. The van der Waals surface area contributed by atoms with Crippen molar-refractivity contribution in [2.75, 3.05) is 5.32 Å². The van der Waals surface area contributed by atoms with Crippen LogP contribution in [-0.2, 0) is 0 Å². The molecule has 0 aromatic carbocycles. The van der Waals surface area contributed by atoms with Crippen LogP contribution >= 0.6 is 34.8 Å². The molecule has 0 spiro atoms. The van der Waals surface area contributed by atoms with E-state index in [0.29, 0.717) is 0 Å². The maximum atomic E-state index is 11.9. The maximum absolute atomic E-state index is 11.9. The number of nitrogens with zero attached hydrogens (tertiary/aromatic N) is 2. The third-order valence-electron chi connectivity index (χ3n) is 2.19. The molecule has 2 heterocycles. The zero-order chi connectivity index (χ0) is 14.6. The number of aromatic nitrogens is 2. The average molecular weight is 336 g/mol. The van der Waals surface area contributed by atoms with E-state index in [-0.39, 0.29) is 11.7 Å². The Labute approximate surface area is 129 Å². The number of alkyl halides is 3. The molecule has 2 rings (SSSR count). The standard InChI is InChI=1S/C11H9Cl3N4O2/c12-11(13,14)9(18-10-15-4-2-5-16-10)17-8(19)7-3-1-6-20-7/h1-6,9H,(H,17,19)(H,15,16,18). The summed E-state index contributed by atoms with van der Waals surface area (Å²) < 4.78 is 3.15. The summed E-state index contributed by atoms with van der Waals surface area (Å²) in [6.45, 7) is 0. The molecule has 2 aromatic heterocycles. The van der Waals surface area contributed by atoms with Crippen molar-refractivity contribution in [2.24, 2.45) is 0 Å². The molecule has 9 heteroatoms. The van der Waals surface area contributed by atoms with Crippen LogP contribution in [-0.4, -0.2) is 25.8 Å². The van der Waals surface area contributed by atoms with E-state index in [1.54, 1.807) is 12.1 Å². The van der Waals surface area contributed by atoms with Gasteiger partial charge in [-0.1, -0.05) is 34.8 Å². The predicted molar refractivity (Wildman–Crippen MR) is 75.9 cm³/mol. The van der Waals surface area contributed by atoms with Crippen molar-refractivity contribution in [3.63, 3.8) is 0 Å². The van der Waals surface area contributed by atoms with Crippen LogP contribution in [0.3, 0.4) is 0 Å². The normalized spacial score (nSPS) is 12.8. The number of hydrogen-bond acceptors (Lipinski definition) is 5. The van der Waals surface area contributed by atoms with Gasteiger partial charge in [0.1, 0.15) is 6.17 Å². The molecule has 0 radical (unpaired) electrons. The number of nitrogens with one attached hydrogen (secondary N) is 2. The molecule has 6 nitrogen and oxygen atoms in total. The average Bonchev–Trinajstić information content (AvgIpc) is 2.92. The van der Waals surface area contributed by atoms with Gasteiger partial charge in [-0.2, -0.15) is 0 Å². The van der Waals surface area contributed by atoms with Crippen LogP contribution in [0.1, 0.15) is 10.6 Å². The van der Waals surface area contributed by atoms with E-state index < -0.39 is 15.9 Å². The van der Waals surface area contributed by atoms with Gasteiger partial charge in [-0.05, 0) is 18.2 Å². The molecule has 0 aliphatic carbocycles. The molecular weight excluding hydrogens is 327 g/mol. The van der Waals surface area contributed by atoms with E-state index in [2.05, 4.69) is 20.6 Å². The Balaban J connectivity index is 2.11. The lowest BCUT2D eigenvalue weighted by Crippen LogP contribution is -2.49. The van der Waals surface area contributed by atoms with Crippen LogP contribution in [0.15, 0.2) is 41.3 Å². The number of carbonyl (C=O) groups is 1. The Kier molecular flexibility index (Phi) is 4.69. The predicted octanol–water partition coefficient (Wildman–Crippen LogP) is 2.61. The van der Waals surface area contributed by atoms with E-state index in [9.17, 15) is 4.79 Å². The van der Waals surface area contributed by atoms with Gasteiger partial charge in [0.05, 0.1) is 6.26 Å². The molecule has 0 bridgehead atoms. The van der Waals surface area contributed by atoms with E-state index in [0.717, 1.165) is 0 Å². The van der Waals surface area contributed by atoms with Crippen molar-refractivity contribution < 1.29 is 9.21 Å². The van der Waals surface area contributed by atoms with E-state index in [1.165, 1.54) is 24.7 Å². The van der Waals surface area contributed by atoms with Crippen LogP contribution in [0.2, 0.25) is 0 Å². The van der Waals surface area contributed by atoms with E-state index in [4.69, 9.17) is 39.2 Å². The van der Waals surface area contributed by atoms with Crippen LogP contribution in [0.4, 0.5) is 5.95 Å². The van der Waals surface area contributed by atoms with Gasteiger partial charge >= 0.3 is 0 Å². The Morgan fingerprint density at radius 2 is 1.95 bits per heavy atom. The summed E-state index contributed by atoms with van der Waals surface area (Å²) in [6.07, 6.45) is 3.36. The van der Waals surface area contributed by atoms with Gasteiger partial charge in [-0.3, -0.25) is 4.79 Å². The van der Waals surface area contributed by atoms with Gasteiger partial charge in [-0.15, -0.1) is 0 Å². The topological polar surface area (TPSA) is 80.0 Å². The van der Waals surface area contributed by atoms with Crippen molar-refractivity contribution in [1.82, 2.24) is 15.3 Å². The lowest BCUT2D eigenvalue weighted by Gasteiger charge is -2.25. The first-order valence-electron chi connectivity index (χ1n) is 5.41. The Morgan fingerprint density at radius 1 is 1.25 bits per heavy atom. The molecule has 0 aliphatic rings. The van der Waals surface area contributed by atoms with Gasteiger partial charge in [0, 0.05) is 12.4 Å². The maximum Gasteiger partial charge on any atom is 0.288 e. The summed E-state index contributed by atoms with van der Waals surface area (Å²) in [5, 5.41) is 5.21. The molecule has 0 fully saturated rings. The van der Waals surface area contributed by atoms with Gasteiger partial charge in [-0.25, -0.2) is 9.97 Å². The molecule has 2 aromatic rings. The number of furan rings is 1. The summed E-state index contributed by atoms with van der Waals surface area (Å²) in [7, 11) is 0. The largest absolute Gasteiger partial charge is 0.459 e. The van der Waals surface area contributed by atoms with E-state index >= 15 is 0 Å². The molecule has 20 heavy (non-hydrogen) atoms. The SMILES string of the molecule is O=C(NC(Nc1ncccn1)C(Cl)(Cl)Cl)c1ccco1. The quantitative estimate of drug-likeness (QED) is 0.663. The number of hydrogen-bond donors (Lipinski definition) is 2. The molecule has 0 saturated carbocycles. The summed E-state index contributed by atoms with van der Waals surface area (Å²) in [5.74, 6) is -0.224. The van der Waals surface area contributed by atoms with Gasteiger partial charge in [0.25, 0.3) is 5.91 Å². The first kappa shape index (κ1) is 14.9. The van der Waals surface area contributed by atoms with Crippen LogP contribution in [0.5, 0.6) is 0 Å². The monoisotopic (exact) mass is 334 g/mol. The minimum Gasteiger partial charge on any atom is -0.459 e. The molecular formula is C11H9Cl3N4O2. The highest BCUT2D eigenvalue weighted by atomic mass is 35.6. The van der Waals surface area contributed by atoms with Crippen LogP contribution in [0, 0.1) is 0 Å². The number of rotatable bonds is 4. The Morgan fingerprint density at radius 3 is 2.50 bits per heavy atom. The van der Waals surface area contributed by atoms with Gasteiger partial charge in [0.2, 0.25) is 9.74 Å². The highest BCUT2D eigenvalue weighted by Gasteiger charge is 2.35. The van der Waals surface area contributed by atoms with Crippen molar-refractivity contribution in [3.8, 4) is 0 Å². The van der Waals surface area contributed by atoms with Crippen molar-refractivity contribution in [1.29, 1.82) is 0 Å². The smallest absolute Gasteiger partial charge is 0.288 e. The molecule has 0 aliphatic heterocycles. The fourth-order valence-corrected chi connectivity index (χ4v) is 1.64. The van der Waals surface area contributed by atoms with Gasteiger partial charge in [0.15, 0.2) is 5.76 Å². The second-order valence-corrected chi connectivity index (χ2v) is 6.01. The summed E-state index contributed by atoms with van der Waals surface area (Å²) in [4.78, 5) is 19.7. The third kappa shape index (κ3) is 4.00. The highest BCUT2D eigenvalue weighted by Crippen LogP contribution is 2.30. The number of carbonyl (C=O) groups excluding carboxylic acids is 1. The fourth-order valence-electron chi connectivity index (χ4n) is 1.31. The highest BCUT2D eigenvalue weighted by molar-refractivity contribution is 6.68. The van der Waals surface area contributed by atoms with E-state index in [1.807, 2.05) is 0 Å². The van der Waals surface area contributed by atoms with Crippen molar-refractivity contribution >= 4 is 46.7 Å². The minimum absolute atomic E-state index is 0.0973. The van der Waals surface area contributed by atoms with Crippen LogP contribution < -0.4 is 10.6 Å². The second kappa shape index (κ2) is 6.30. The number of anilines is 1. The molecule has 0 saturated heterocycles. The lowest BCUT2D eigenvalue weighted by atomic mass is 10.4. The third-order valence-corrected chi connectivity index (χ3v) is 2.84. The number of halogens is 3. The number of amides is 1. The molecule has 2 N–H and O–H groups in total. The fraction of sp³-hybridized carbons (Fsp3) is 0.182. The first-order chi connectivity index (χ1) is 9.47. The zero-order valence-electron chi connectivity index (χ0n) is 9.89. The Hall–Kier alpha value is -1.50. The molecule has 1 amide bonds. The zero-order valence-corrected chi connectivity index (χ0v) is 12.2. The van der Waals surface area contributed by atoms with Crippen LogP contribution in [0.25, 0.3) is 0 Å². The minimum atomic E-state index is -1.80. The molecule has 1 atom stereocenters. The first-order valence-corrected chi connectivity index (χ1v) is 6.55. The summed E-state index contributed by atoms with van der Waals surface area (Å²) in [6, 6.07) is 4.70. The van der Waals surface area contributed by atoms with Gasteiger partial charge < -0.3 is 15.1 Å². The van der Waals surface area contributed by atoms with Crippen molar-refractivity contribution in [2.45, 2.75) is 9.96 Å². The molecule has 1 unspecified atom stereocenters. The second-order valence-electron chi connectivity index (χ2n) is 3.64. The van der Waals surface area contributed by atoms with Crippen molar-refractivity contribution in [3.05, 3.63) is 42.6 Å². The summed E-state index contributed by atoms with van der Waals surface area (Å²) >= 11 is 17.5.